The quantitative estimate of drug-likeness (QED) is 0.807. The lowest BCUT2D eigenvalue weighted by Gasteiger charge is -2.40. The third-order valence-corrected chi connectivity index (χ3v) is 4.92. The Morgan fingerprint density at radius 1 is 1.06 bits per heavy atom. The smallest absolute Gasteiger partial charge is 0.0198 e. The maximum absolute atomic E-state index is 3.83. The van der Waals surface area contributed by atoms with Crippen LogP contribution < -0.4 is 5.32 Å². The maximum atomic E-state index is 3.83. The molecule has 1 heterocycles. The molecular weight excluding hydrogens is 208 g/mol. The van der Waals surface area contributed by atoms with Crippen molar-refractivity contribution in [3.8, 4) is 0 Å². The Bertz CT molecular complexity index is 243. The van der Waals surface area contributed by atoms with Gasteiger partial charge in [-0.1, -0.05) is 19.8 Å². The molecule has 0 bridgehead atoms. The summed E-state index contributed by atoms with van der Waals surface area (Å²) in [6.45, 7) is 6.40. The molecule has 2 saturated carbocycles. The molecule has 0 amide bonds. The first-order valence-electron chi connectivity index (χ1n) is 7.78. The minimum atomic E-state index is 0.778. The summed E-state index contributed by atoms with van der Waals surface area (Å²) in [4.78, 5) is 2.80. The molecule has 2 heteroatoms. The first kappa shape index (κ1) is 12.0. The molecule has 0 radical (unpaired) electrons. The number of hydrogen-bond acceptors (Lipinski definition) is 2. The van der Waals surface area contributed by atoms with Crippen molar-refractivity contribution in [3.63, 3.8) is 0 Å². The molecule has 2 unspecified atom stereocenters. The van der Waals surface area contributed by atoms with Crippen molar-refractivity contribution in [2.75, 3.05) is 19.6 Å². The number of rotatable bonds is 4. The first-order chi connectivity index (χ1) is 8.31. The monoisotopic (exact) mass is 236 g/mol. The van der Waals surface area contributed by atoms with Crippen molar-refractivity contribution in [2.24, 2.45) is 11.8 Å². The van der Waals surface area contributed by atoms with Crippen LogP contribution in [-0.4, -0.2) is 36.6 Å². The topological polar surface area (TPSA) is 15.3 Å². The third kappa shape index (κ3) is 3.23. The molecule has 98 valence electrons. The number of nitrogens with one attached hydrogen (secondary N) is 1. The Kier molecular flexibility index (Phi) is 3.72. The van der Waals surface area contributed by atoms with Crippen LogP contribution in [0.1, 0.15) is 51.9 Å². The highest BCUT2D eigenvalue weighted by molar-refractivity contribution is 4.88. The SMILES string of the molecule is CC1CC(NCC2CC2)CN(C2CCCC2)C1. The van der Waals surface area contributed by atoms with Crippen LogP contribution in [0.25, 0.3) is 0 Å². The van der Waals surface area contributed by atoms with Gasteiger partial charge in [-0.3, -0.25) is 4.90 Å². The fourth-order valence-corrected chi connectivity index (χ4v) is 3.76. The van der Waals surface area contributed by atoms with Gasteiger partial charge in [0.15, 0.2) is 0 Å². The minimum absolute atomic E-state index is 0.778. The zero-order valence-corrected chi connectivity index (χ0v) is 11.3. The number of hydrogen-bond donors (Lipinski definition) is 1. The van der Waals surface area contributed by atoms with Crippen LogP contribution >= 0.6 is 0 Å². The van der Waals surface area contributed by atoms with Crippen LogP contribution in [-0.2, 0) is 0 Å². The summed E-state index contributed by atoms with van der Waals surface area (Å²) in [7, 11) is 0. The summed E-state index contributed by atoms with van der Waals surface area (Å²) < 4.78 is 0. The van der Waals surface area contributed by atoms with Crippen LogP contribution in [0.4, 0.5) is 0 Å². The van der Waals surface area contributed by atoms with E-state index in [4.69, 9.17) is 0 Å². The van der Waals surface area contributed by atoms with Gasteiger partial charge in [-0.05, 0) is 50.5 Å². The van der Waals surface area contributed by atoms with Gasteiger partial charge in [-0.25, -0.2) is 0 Å². The lowest BCUT2D eigenvalue weighted by Crippen LogP contribution is -2.51. The number of likely N-dealkylation sites (tertiary alicyclic amines) is 1. The van der Waals surface area contributed by atoms with E-state index in [-0.39, 0.29) is 0 Å². The van der Waals surface area contributed by atoms with Crippen LogP contribution in [0.15, 0.2) is 0 Å². The van der Waals surface area contributed by atoms with Gasteiger partial charge in [0.2, 0.25) is 0 Å². The van der Waals surface area contributed by atoms with Crippen molar-refractivity contribution < 1.29 is 0 Å². The summed E-state index contributed by atoms with van der Waals surface area (Å²) in [6, 6.07) is 1.70. The third-order valence-electron chi connectivity index (χ3n) is 4.92. The molecule has 0 spiro atoms. The van der Waals surface area contributed by atoms with Gasteiger partial charge in [0.1, 0.15) is 0 Å². The lowest BCUT2D eigenvalue weighted by molar-refractivity contribution is 0.105. The van der Waals surface area contributed by atoms with Crippen LogP contribution in [0.2, 0.25) is 0 Å². The molecule has 0 aromatic rings. The maximum Gasteiger partial charge on any atom is 0.0198 e. The zero-order chi connectivity index (χ0) is 11.7. The molecule has 3 aliphatic rings. The highest BCUT2D eigenvalue weighted by Gasteiger charge is 2.31. The normalized spacial score (nSPS) is 36.5. The Labute approximate surface area is 106 Å². The Hall–Kier alpha value is -0.0800. The second-order valence-corrected chi connectivity index (χ2v) is 6.78. The van der Waals surface area contributed by atoms with Gasteiger partial charge in [0.25, 0.3) is 0 Å². The van der Waals surface area contributed by atoms with Gasteiger partial charge in [0.05, 0.1) is 0 Å². The first-order valence-corrected chi connectivity index (χ1v) is 7.78. The van der Waals surface area contributed by atoms with Crippen molar-refractivity contribution in [2.45, 2.75) is 64.0 Å². The van der Waals surface area contributed by atoms with Gasteiger partial charge in [-0.2, -0.15) is 0 Å². The highest BCUT2D eigenvalue weighted by atomic mass is 15.2. The second-order valence-electron chi connectivity index (χ2n) is 6.78. The lowest BCUT2D eigenvalue weighted by atomic mass is 9.94. The summed E-state index contributed by atoms with van der Waals surface area (Å²) in [5.41, 5.74) is 0. The van der Waals surface area contributed by atoms with E-state index in [1.54, 1.807) is 0 Å². The van der Waals surface area contributed by atoms with Gasteiger partial charge in [0, 0.05) is 25.2 Å². The predicted octanol–water partition coefficient (Wildman–Crippen LogP) is 2.64. The van der Waals surface area contributed by atoms with E-state index in [2.05, 4.69) is 17.1 Å². The molecule has 0 aromatic carbocycles. The second kappa shape index (κ2) is 5.27. The standard InChI is InChI=1S/C15H28N2/c1-12-8-14(16-9-13-6-7-13)11-17(10-12)15-4-2-3-5-15/h12-16H,2-11H2,1H3. The van der Waals surface area contributed by atoms with Crippen LogP contribution in [0.3, 0.4) is 0 Å². The van der Waals surface area contributed by atoms with Crippen molar-refractivity contribution >= 4 is 0 Å². The molecule has 3 fully saturated rings. The molecule has 0 aromatic heterocycles. The van der Waals surface area contributed by atoms with Gasteiger partial charge >= 0.3 is 0 Å². The minimum Gasteiger partial charge on any atom is -0.312 e. The van der Waals surface area contributed by atoms with E-state index in [9.17, 15) is 0 Å². The van der Waals surface area contributed by atoms with Crippen LogP contribution in [0.5, 0.6) is 0 Å². The molecule has 2 atom stereocenters. The van der Waals surface area contributed by atoms with Crippen LogP contribution in [0, 0.1) is 11.8 Å². The molecule has 2 nitrogen and oxygen atoms in total. The molecular formula is C15H28N2. The number of nitrogens with zero attached hydrogens (tertiary/aromatic N) is 1. The number of piperidine rings is 1. The van der Waals surface area contributed by atoms with Crippen molar-refractivity contribution in [1.29, 1.82) is 0 Å². The summed E-state index contributed by atoms with van der Waals surface area (Å²) in [5.74, 6) is 1.91. The molecule has 1 saturated heterocycles. The fourth-order valence-electron chi connectivity index (χ4n) is 3.76. The molecule has 1 N–H and O–H groups in total. The molecule has 3 rings (SSSR count). The predicted molar refractivity (Wildman–Crippen MR) is 72.1 cm³/mol. The average molecular weight is 236 g/mol. The van der Waals surface area contributed by atoms with Crippen molar-refractivity contribution in [3.05, 3.63) is 0 Å². The molecule has 2 aliphatic carbocycles. The largest absolute Gasteiger partial charge is 0.312 e. The van der Waals surface area contributed by atoms with Gasteiger partial charge < -0.3 is 5.32 Å². The zero-order valence-electron chi connectivity index (χ0n) is 11.3. The van der Waals surface area contributed by atoms with E-state index in [1.165, 1.54) is 64.6 Å². The van der Waals surface area contributed by atoms with E-state index >= 15 is 0 Å². The van der Waals surface area contributed by atoms with Crippen molar-refractivity contribution in [1.82, 2.24) is 10.2 Å². The summed E-state index contributed by atoms with van der Waals surface area (Å²) >= 11 is 0. The Balaban J connectivity index is 1.50. The summed E-state index contributed by atoms with van der Waals surface area (Å²) in [6.07, 6.45) is 10.2. The molecule has 1 aliphatic heterocycles. The van der Waals surface area contributed by atoms with E-state index < -0.39 is 0 Å². The van der Waals surface area contributed by atoms with Gasteiger partial charge in [-0.15, -0.1) is 0 Å². The Morgan fingerprint density at radius 3 is 2.53 bits per heavy atom. The summed E-state index contributed by atoms with van der Waals surface area (Å²) in [5, 5.41) is 3.83. The fraction of sp³-hybridized carbons (Fsp3) is 1.00. The average Bonchev–Trinajstić information content (AvgIpc) is 2.98. The van der Waals surface area contributed by atoms with E-state index in [0.29, 0.717) is 0 Å². The Morgan fingerprint density at radius 2 is 1.82 bits per heavy atom. The highest BCUT2D eigenvalue weighted by Crippen LogP contribution is 2.30. The molecule has 17 heavy (non-hydrogen) atoms. The van der Waals surface area contributed by atoms with E-state index in [0.717, 1.165) is 23.9 Å². The van der Waals surface area contributed by atoms with E-state index in [1.807, 2.05) is 0 Å².